The van der Waals surface area contributed by atoms with Crippen LogP contribution in [0.2, 0.25) is 0 Å². The molecule has 3 heterocycles. The van der Waals surface area contributed by atoms with Crippen LogP contribution in [-0.4, -0.2) is 79.1 Å². The Balaban J connectivity index is 1.38. The Labute approximate surface area is 255 Å². The zero-order valence-electron chi connectivity index (χ0n) is 26.9. The number of carbonyl (C=O) groups excluding carboxylic acids is 2. The molecule has 3 saturated heterocycles. The van der Waals surface area contributed by atoms with Gasteiger partial charge in [-0.1, -0.05) is 70.9 Å². The topological polar surface area (TPSA) is 73.9 Å². The molecule has 3 aliphatic rings. The monoisotopic (exact) mass is 582 g/mol. The summed E-state index contributed by atoms with van der Waals surface area (Å²) in [5.74, 6) is 0.818. The SMILES string of the molecule is CC(C)C[C@H]1COCCCCCC2(CCN(C3CCN(Cc4ccccc4)CC3)CC2)C(=O)N[C@@H](CC(C)C)C(=O)N1. The first kappa shape index (κ1) is 32.9. The Morgan fingerprint density at radius 3 is 2.21 bits per heavy atom. The molecule has 3 aliphatic heterocycles. The van der Waals surface area contributed by atoms with Gasteiger partial charge in [0.15, 0.2) is 0 Å². The molecular weight excluding hydrogens is 524 g/mol. The van der Waals surface area contributed by atoms with Gasteiger partial charge in [-0.05, 0) is 94.9 Å². The molecule has 2 N–H and O–H groups in total. The van der Waals surface area contributed by atoms with Gasteiger partial charge in [-0.2, -0.15) is 0 Å². The molecule has 0 aromatic heterocycles. The number of nitrogens with one attached hydrogen (secondary N) is 2. The van der Waals surface area contributed by atoms with Crippen molar-refractivity contribution in [3.05, 3.63) is 35.9 Å². The van der Waals surface area contributed by atoms with Crippen molar-refractivity contribution in [3.8, 4) is 0 Å². The number of rotatable bonds is 7. The van der Waals surface area contributed by atoms with E-state index < -0.39 is 6.04 Å². The molecule has 4 rings (SSSR count). The molecule has 0 saturated carbocycles. The smallest absolute Gasteiger partial charge is 0.242 e. The van der Waals surface area contributed by atoms with Crippen LogP contribution in [0.1, 0.15) is 97.5 Å². The minimum absolute atomic E-state index is 0.0247. The highest BCUT2D eigenvalue weighted by Crippen LogP contribution is 2.39. The molecule has 3 fully saturated rings. The highest BCUT2D eigenvalue weighted by molar-refractivity contribution is 5.90. The predicted molar refractivity (Wildman–Crippen MR) is 170 cm³/mol. The summed E-state index contributed by atoms with van der Waals surface area (Å²) >= 11 is 0. The van der Waals surface area contributed by atoms with Gasteiger partial charge in [-0.3, -0.25) is 14.5 Å². The summed E-state index contributed by atoms with van der Waals surface area (Å²) in [7, 11) is 0. The standard InChI is InChI=1S/C35H58N4O3/c1-27(2)23-30-26-42-22-10-6-9-15-35(34(41)37-32(24-28(3)4)33(40)36-30)16-20-39(21-17-35)31-13-18-38(19-14-31)25-29-11-7-5-8-12-29/h5,7-8,11-12,27-28,30-32H,6,9-10,13-26H2,1-4H3,(H,36,40)(H,37,41)/t30-,32-/m0/s1. The van der Waals surface area contributed by atoms with E-state index in [2.05, 4.69) is 78.5 Å². The molecule has 0 aliphatic carbocycles. The first-order chi connectivity index (χ1) is 20.2. The number of piperidine rings is 2. The lowest BCUT2D eigenvalue weighted by atomic mass is 9.72. The minimum Gasteiger partial charge on any atom is -0.379 e. The fourth-order valence-corrected chi connectivity index (χ4v) is 7.32. The van der Waals surface area contributed by atoms with Crippen molar-refractivity contribution < 1.29 is 14.3 Å². The molecule has 7 nitrogen and oxygen atoms in total. The third kappa shape index (κ3) is 9.78. The zero-order chi connectivity index (χ0) is 30.0. The lowest BCUT2D eigenvalue weighted by molar-refractivity contribution is -0.139. The number of hydrogen-bond acceptors (Lipinski definition) is 5. The maximum Gasteiger partial charge on any atom is 0.242 e. The molecule has 0 bridgehead atoms. The van der Waals surface area contributed by atoms with Crippen molar-refractivity contribution in [3.63, 3.8) is 0 Å². The Morgan fingerprint density at radius 2 is 1.55 bits per heavy atom. The highest BCUT2D eigenvalue weighted by atomic mass is 16.5. The van der Waals surface area contributed by atoms with Crippen molar-refractivity contribution in [2.24, 2.45) is 17.3 Å². The Bertz CT molecular complexity index is 952. The van der Waals surface area contributed by atoms with Crippen LogP contribution in [0.3, 0.4) is 0 Å². The summed E-state index contributed by atoms with van der Waals surface area (Å²) in [5, 5.41) is 6.54. The summed E-state index contributed by atoms with van der Waals surface area (Å²) in [5.41, 5.74) is 1.00. The average molecular weight is 583 g/mol. The normalized spacial score (nSPS) is 26.2. The van der Waals surface area contributed by atoms with E-state index in [1.807, 2.05) is 0 Å². The largest absolute Gasteiger partial charge is 0.379 e. The van der Waals surface area contributed by atoms with E-state index in [1.165, 1.54) is 18.4 Å². The predicted octanol–water partition coefficient (Wildman–Crippen LogP) is 5.39. The number of nitrogens with zero attached hydrogens (tertiary/aromatic N) is 2. The zero-order valence-corrected chi connectivity index (χ0v) is 26.9. The molecule has 42 heavy (non-hydrogen) atoms. The number of ether oxygens (including phenoxy) is 1. The molecule has 2 amide bonds. The van der Waals surface area contributed by atoms with E-state index >= 15 is 0 Å². The van der Waals surface area contributed by atoms with Crippen LogP contribution in [0.25, 0.3) is 0 Å². The molecule has 236 valence electrons. The number of benzene rings is 1. The molecule has 1 aromatic carbocycles. The first-order valence-electron chi connectivity index (χ1n) is 16.9. The van der Waals surface area contributed by atoms with Crippen LogP contribution in [0, 0.1) is 17.3 Å². The first-order valence-corrected chi connectivity index (χ1v) is 16.9. The summed E-state index contributed by atoms with van der Waals surface area (Å²) in [6.45, 7) is 15.1. The third-order valence-electron chi connectivity index (χ3n) is 9.75. The number of hydrogen-bond donors (Lipinski definition) is 2. The van der Waals surface area contributed by atoms with Gasteiger partial charge in [0, 0.05) is 19.2 Å². The van der Waals surface area contributed by atoms with Gasteiger partial charge >= 0.3 is 0 Å². The maximum atomic E-state index is 14.1. The van der Waals surface area contributed by atoms with Crippen LogP contribution in [0.5, 0.6) is 0 Å². The van der Waals surface area contributed by atoms with Gasteiger partial charge < -0.3 is 20.3 Å². The summed E-state index contributed by atoms with van der Waals surface area (Å²) in [6, 6.07) is 10.9. The highest BCUT2D eigenvalue weighted by Gasteiger charge is 2.43. The van der Waals surface area contributed by atoms with Crippen LogP contribution in [0.4, 0.5) is 0 Å². The van der Waals surface area contributed by atoms with Gasteiger partial charge in [-0.25, -0.2) is 0 Å². The maximum absolute atomic E-state index is 14.1. The van der Waals surface area contributed by atoms with Gasteiger partial charge in [0.05, 0.1) is 18.1 Å². The van der Waals surface area contributed by atoms with Crippen molar-refractivity contribution in [2.75, 3.05) is 39.4 Å². The summed E-state index contributed by atoms with van der Waals surface area (Å²) in [4.78, 5) is 32.9. The second kappa shape index (κ2) is 16.2. The fraction of sp³-hybridized carbons (Fsp3) is 0.771. The van der Waals surface area contributed by atoms with Crippen LogP contribution in [-0.2, 0) is 20.9 Å². The molecule has 1 aromatic rings. The summed E-state index contributed by atoms with van der Waals surface area (Å²) < 4.78 is 6.02. The average Bonchev–Trinajstić information content (AvgIpc) is 2.96. The van der Waals surface area contributed by atoms with E-state index in [9.17, 15) is 9.59 Å². The Hall–Kier alpha value is -1.96. The van der Waals surface area contributed by atoms with E-state index in [0.29, 0.717) is 30.9 Å². The fourth-order valence-electron chi connectivity index (χ4n) is 7.32. The lowest BCUT2D eigenvalue weighted by Crippen LogP contribution is -2.57. The van der Waals surface area contributed by atoms with Crippen molar-refractivity contribution in [1.29, 1.82) is 0 Å². The van der Waals surface area contributed by atoms with Crippen molar-refractivity contribution >= 4 is 11.8 Å². The van der Waals surface area contributed by atoms with Gasteiger partial charge in [0.1, 0.15) is 6.04 Å². The van der Waals surface area contributed by atoms with Crippen molar-refractivity contribution in [1.82, 2.24) is 20.4 Å². The molecular formula is C35H58N4O3. The van der Waals surface area contributed by atoms with Gasteiger partial charge in [0.25, 0.3) is 0 Å². The molecule has 1 spiro atoms. The summed E-state index contributed by atoms with van der Waals surface area (Å²) in [6.07, 6.45) is 9.69. The van der Waals surface area contributed by atoms with E-state index in [0.717, 1.165) is 84.3 Å². The van der Waals surface area contributed by atoms with E-state index in [4.69, 9.17) is 4.74 Å². The van der Waals surface area contributed by atoms with Crippen LogP contribution < -0.4 is 10.6 Å². The molecule has 2 atom stereocenters. The number of amides is 2. The Morgan fingerprint density at radius 1 is 0.857 bits per heavy atom. The van der Waals surface area contributed by atoms with E-state index in [-0.39, 0.29) is 23.3 Å². The van der Waals surface area contributed by atoms with Crippen LogP contribution >= 0.6 is 0 Å². The van der Waals surface area contributed by atoms with Gasteiger partial charge in [0.2, 0.25) is 11.8 Å². The van der Waals surface area contributed by atoms with Gasteiger partial charge in [-0.15, -0.1) is 0 Å². The molecule has 7 heteroatoms. The third-order valence-corrected chi connectivity index (χ3v) is 9.75. The number of carbonyl (C=O) groups is 2. The molecule has 0 unspecified atom stereocenters. The van der Waals surface area contributed by atoms with E-state index in [1.54, 1.807) is 0 Å². The Kier molecular flexibility index (Phi) is 12.7. The number of likely N-dealkylation sites (tertiary alicyclic amines) is 2. The second-order valence-corrected chi connectivity index (χ2v) is 14.2. The second-order valence-electron chi connectivity index (χ2n) is 14.2. The quantitative estimate of drug-likeness (QED) is 0.451. The lowest BCUT2D eigenvalue weighted by Gasteiger charge is -2.46. The van der Waals surface area contributed by atoms with Crippen LogP contribution in [0.15, 0.2) is 30.3 Å². The molecule has 0 radical (unpaired) electrons. The van der Waals surface area contributed by atoms with Crippen molar-refractivity contribution in [2.45, 2.75) is 117 Å². The minimum atomic E-state index is -0.501.